The third-order valence-electron chi connectivity index (χ3n) is 2.77. The third-order valence-corrected chi connectivity index (χ3v) is 3.82. The second-order valence-corrected chi connectivity index (χ2v) is 5.13. The maximum absolute atomic E-state index is 13.2. The van der Waals surface area contributed by atoms with E-state index in [4.69, 9.17) is 10.5 Å². The minimum atomic E-state index is -0.244. The first-order valence-corrected chi connectivity index (χ1v) is 6.46. The first-order valence-electron chi connectivity index (χ1n) is 5.64. The second-order valence-electron chi connectivity index (χ2n) is 4.02. The summed E-state index contributed by atoms with van der Waals surface area (Å²) in [4.78, 5) is 5.31. The molecule has 0 atom stereocenters. The summed E-state index contributed by atoms with van der Waals surface area (Å²) >= 11 is 1.48. The number of methoxy groups -OCH3 is 1. The van der Waals surface area contributed by atoms with Crippen molar-refractivity contribution in [3.05, 3.63) is 40.2 Å². The fourth-order valence-corrected chi connectivity index (χ4v) is 2.71. The van der Waals surface area contributed by atoms with Gasteiger partial charge in [0.1, 0.15) is 11.6 Å². The van der Waals surface area contributed by atoms with E-state index in [1.54, 1.807) is 13.2 Å². The molecule has 0 amide bonds. The van der Waals surface area contributed by atoms with Gasteiger partial charge in [-0.25, -0.2) is 9.37 Å². The van der Waals surface area contributed by atoms with Gasteiger partial charge >= 0.3 is 0 Å². The van der Waals surface area contributed by atoms with E-state index >= 15 is 0 Å². The van der Waals surface area contributed by atoms with Gasteiger partial charge in [0.2, 0.25) is 0 Å². The lowest BCUT2D eigenvalue weighted by atomic mass is 10.1. The van der Waals surface area contributed by atoms with Crippen molar-refractivity contribution in [3.8, 4) is 5.75 Å². The molecule has 18 heavy (non-hydrogen) atoms. The number of aryl methyl sites for hydroxylation is 3. The minimum Gasteiger partial charge on any atom is -0.496 e. The van der Waals surface area contributed by atoms with Gasteiger partial charge in [-0.3, -0.25) is 0 Å². The number of nitrogen functional groups attached to an aromatic ring is 1. The Morgan fingerprint density at radius 2 is 2.17 bits per heavy atom. The molecule has 0 radical (unpaired) electrons. The highest BCUT2D eigenvalue weighted by molar-refractivity contribution is 7.15. The maximum atomic E-state index is 13.2. The number of nitrogens with two attached hydrogens (primary N) is 1. The highest BCUT2D eigenvalue weighted by Crippen LogP contribution is 2.25. The minimum absolute atomic E-state index is 0.244. The normalized spacial score (nSPS) is 10.6. The number of aromatic nitrogens is 1. The Bertz CT molecular complexity index is 554. The van der Waals surface area contributed by atoms with Crippen LogP contribution in [0.3, 0.4) is 0 Å². The van der Waals surface area contributed by atoms with Crippen LogP contribution >= 0.6 is 11.3 Å². The zero-order valence-corrected chi connectivity index (χ0v) is 11.2. The molecule has 0 aliphatic carbocycles. The molecule has 0 bridgehead atoms. The van der Waals surface area contributed by atoms with E-state index in [0.717, 1.165) is 22.6 Å². The van der Waals surface area contributed by atoms with Gasteiger partial charge in [0.15, 0.2) is 5.13 Å². The fourth-order valence-electron chi connectivity index (χ4n) is 1.87. The number of halogens is 1. The van der Waals surface area contributed by atoms with Crippen LogP contribution in [0.5, 0.6) is 5.75 Å². The van der Waals surface area contributed by atoms with E-state index in [-0.39, 0.29) is 5.82 Å². The van der Waals surface area contributed by atoms with Gasteiger partial charge in [-0.15, -0.1) is 11.3 Å². The van der Waals surface area contributed by atoms with Gasteiger partial charge in [0.25, 0.3) is 0 Å². The molecule has 2 aromatic rings. The van der Waals surface area contributed by atoms with Crippen LogP contribution in [0.1, 0.15) is 16.1 Å². The smallest absolute Gasteiger partial charge is 0.180 e. The van der Waals surface area contributed by atoms with E-state index in [1.807, 2.05) is 6.92 Å². The summed E-state index contributed by atoms with van der Waals surface area (Å²) in [6, 6.07) is 4.56. The predicted molar refractivity (Wildman–Crippen MR) is 71.6 cm³/mol. The predicted octanol–water partition coefficient (Wildman–Crippen LogP) is 2.97. The average molecular weight is 266 g/mol. The molecule has 0 unspecified atom stereocenters. The lowest BCUT2D eigenvalue weighted by molar-refractivity contribution is 0.408. The monoisotopic (exact) mass is 266 g/mol. The third kappa shape index (κ3) is 2.79. The van der Waals surface area contributed by atoms with Gasteiger partial charge in [-0.1, -0.05) is 0 Å². The van der Waals surface area contributed by atoms with Crippen LogP contribution in [0.25, 0.3) is 0 Å². The topological polar surface area (TPSA) is 48.1 Å². The molecule has 96 valence electrons. The van der Waals surface area contributed by atoms with Crippen molar-refractivity contribution in [3.63, 3.8) is 0 Å². The Morgan fingerprint density at radius 3 is 2.78 bits per heavy atom. The molecule has 1 aromatic carbocycles. The van der Waals surface area contributed by atoms with E-state index < -0.39 is 0 Å². The zero-order chi connectivity index (χ0) is 13.1. The molecule has 2 N–H and O–H groups in total. The standard InChI is InChI=1S/C13H15FN2OS/c1-8-12(18-13(15)16-8)6-3-9-7-10(14)4-5-11(9)17-2/h4-5,7H,3,6H2,1-2H3,(H2,15,16). The van der Waals surface area contributed by atoms with Crippen LogP contribution in [-0.4, -0.2) is 12.1 Å². The number of ether oxygens (including phenoxy) is 1. The highest BCUT2D eigenvalue weighted by atomic mass is 32.1. The van der Waals surface area contributed by atoms with Gasteiger partial charge in [-0.2, -0.15) is 0 Å². The molecular formula is C13H15FN2OS. The van der Waals surface area contributed by atoms with E-state index in [9.17, 15) is 4.39 Å². The van der Waals surface area contributed by atoms with Gasteiger partial charge < -0.3 is 10.5 Å². The quantitative estimate of drug-likeness (QED) is 0.925. The van der Waals surface area contributed by atoms with Crippen LogP contribution in [0.2, 0.25) is 0 Å². The Hall–Kier alpha value is -1.62. The number of benzene rings is 1. The van der Waals surface area contributed by atoms with Gasteiger partial charge in [0, 0.05) is 4.88 Å². The molecule has 2 rings (SSSR count). The van der Waals surface area contributed by atoms with E-state index in [2.05, 4.69) is 4.98 Å². The fraction of sp³-hybridized carbons (Fsp3) is 0.308. The van der Waals surface area contributed by atoms with Crippen molar-refractivity contribution < 1.29 is 9.13 Å². The molecule has 0 aliphatic heterocycles. The summed E-state index contributed by atoms with van der Waals surface area (Å²) in [5.41, 5.74) is 7.47. The molecule has 0 fully saturated rings. The average Bonchev–Trinajstić information content (AvgIpc) is 2.65. The molecule has 3 nitrogen and oxygen atoms in total. The summed E-state index contributed by atoms with van der Waals surface area (Å²) in [6.07, 6.45) is 1.50. The Morgan fingerprint density at radius 1 is 1.39 bits per heavy atom. The molecule has 0 spiro atoms. The first kappa shape index (κ1) is 12.8. The summed E-state index contributed by atoms with van der Waals surface area (Å²) in [5, 5.41) is 0.578. The van der Waals surface area contributed by atoms with Crippen molar-refractivity contribution in [2.75, 3.05) is 12.8 Å². The number of hydrogen-bond acceptors (Lipinski definition) is 4. The zero-order valence-electron chi connectivity index (χ0n) is 10.4. The van der Waals surface area contributed by atoms with Crippen molar-refractivity contribution in [1.82, 2.24) is 4.98 Å². The molecule has 5 heteroatoms. The maximum Gasteiger partial charge on any atom is 0.180 e. The number of rotatable bonds is 4. The molecule has 1 heterocycles. The summed E-state index contributed by atoms with van der Waals surface area (Å²) in [5.74, 6) is 0.470. The number of anilines is 1. The summed E-state index contributed by atoms with van der Waals surface area (Å²) in [7, 11) is 1.59. The summed E-state index contributed by atoms with van der Waals surface area (Å²) in [6.45, 7) is 1.94. The van der Waals surface area contributed by atoms with Gasteiger partial charge in [0.05, 0.1) is 12.8 Å². The van der Waals surface area contributed by atoms with Gasteiger partial charge in [-0.05, 0) is 43.5 Å². The SMILES string of the molecule is COc1ccc(F)cc1CCc1sc(N)nc1C. The number of thiazole rings is 1. The lowest BCUT2D eigenvalue weighted by Crippen LogP contribution is -1.96. The molecular weight excluding hydrogens is 251 g/mol. The van der Waals surface area contributed by atoms with Crippen molar-refractivity contribution in [2.45, 2.75) is 19.8 Å². The van der Waals surface area contributed by atoms with Crippen molar-refractivity contribution in [2.24, 2.45) is 0 Å². The van der Waals surface area contributed by atoms with Crippen LogP contribution in [0.15, 0.2) is 18.2 Å². The number of hydrogen-bond donors (Lipinski definition) is 1. The Kier molecular flexibility index (Phi) is 3.81. The van der Waals surface area contributed by atoms with E-state index in [0.29, 0.717) is 17.3 Å². The van der Waals surface area contributed by atoms with Crippen LogP contribution in [0.4, 0.5) is 9.52 Å². The second kappa shape index (κ2) is 5.35. The van der Waals surface area contributed by atoms with E-state index in [1.165, 1.54) is 23.5 Å². The molecule has 0 aliphatic rings. The molecule has 0 saturated heterocycles. The van der Waals surface area contributed by atoms with Crippen LogP contribution in [-0.2, 0) is 12.8 Å². The Balaban J connectivity index is 2.14. The summed E-state index contributed by atoms with van der Waals surface area (Å²) < 4.78 is 18.4. The van der Waals surface area contributed by atoms with Crippen LogP contribution in [0, 0.1) is 12.7 Å². The van der Waals surface area contributed by atoms with Crippen molar-refractivity contribution in [1.29, 1.82) is 0 Å². The largest absolute Gasteiger partial charge is 0.496 e. The van der Waals surface area contributed by atoms with Crippen LogP contribution < -0.4 is 10.5 Å². The number of nitrogens with zero attached hydrogens (tertiary/aromatic N) is 1. The Labute approximate surface area is 109 Å². The molecule has 1 aromatic heterocycles. The first-order chi connectivity index (χ1) is 8.60. The van der Waals surface area contributed by atoms with Crippen molar-refractivity contribution >= 4 is 16.5 Å². The molecule has 0 saturated carbocycles. The lowest BCUT2D eigenvalue weighted by Gasteiger charge is -2.07. The highest BCUT2D eigenvalue weighted by Gasteiger charge is 2.09.